The monoisotopic (exact) mass is 878 g/mol. The van der Waals surface area contributed by atoms with E-state index in [0.717, 1.165) is 85.5 Å². The Balaban J connectivity index is 0.743. The Hall–Kier alpha value is -7.47. The molecule has 65 heavy (non-hydrogen) atoms. The van der Waals surface area contributed by atoms with Crippen molar-refractivity contribution in [2.24, 2.45) is 0 Å². The summed E-state index contributed by atoms with van der Waals surface area (Å²) in [5.41, 5.74) is 13.3. The largest absolute Gasteiger partial charge is 0.496 e. The molecule has 3 aromatic heterocycles. The first kappa shape index (κ1) is 41.5. The van der Waals surface area contributed by atoms with Gasteiger partial charge in [-0.2, -0.15) is 5.10 Å². The number of aromatic nitrogens is 5. The van der Waals surface area contributed by atoms with Gasteiger partial charge in [-0.25, -0.2) is 24.0 Å². The number of piperidine rings is 1. The summed E-state index contributed by atoms with van der Waals surface area (Å²) in [7, 11) is 1.44. The van der Waals surface area contributed by atoms with E-state index in [0.29, 0.717) is 53.4 Å². The molecule has 4 aliphatic rings. The summed E-state index contributed by atoms with van der Waals surface area (Å²) >= 11 is 0. The van der Waals surface area contributed by atoms with E-state index in [4.69, 9.17) is 20.6 Å². The Bertz CT molecular complexity index is 2830. The number of anilines is 3. The molecule has 18 heteroatoms. The van der Waals surface area contributed by atoms with Crippen molar-refractivity contribution in [3.63, 3.8) is 0 Å². The maximum atomic E-state index is 13.9. The van der Waals surface area contributed by atoms with Gasteiger partial charge in [0, 0.05) is 88.3 Å². The van der Waals surface area contributed by atoms with Crippen molar-refractivity contribution in [3.05, 3.63) is 119 Å². The van der Waals surface area contributed by atoms with Crippen LogP contribution in [-0.2, 0) is 29.2 Å². The number of piperazine rings is 1. The molecule has 4 N–H and O–H groups in total. The van der Waals surface area contributed by atoms with Gasteiger partial charge in [-0.15, -0.1) is 0 Å². The zero-order valence-corrected chi connectivity index (χ0v) is 35.7. The Morgan fingerprint density at radius 3 is 2.49 bits per heavy atom. The molecule has 3 aromatic carbocycles. The van der Waals surface area contributed by atoms with E-state index < -0.39 is 23.7 Å². The molecule has 0 saturated carbocycles. The highest BCUT2D eigenvalue weighted by atomic mass is 19.1. The number of methoxy groups -OCH3 is 1. The number of halogens is 1. The first-order valence-corrected chi connectivity index (χ1v) is 21.7. The highest BCUT2D eigenvalue weighted by Crippen LogP contribution is 2.36. The van der Waals surface area contributed by atoms with Gasteiger partial charge in [0.1, 0.15) is 41.3 Å². The van der Waals surface area contributed by atoms with Gasteiger partial charge in [0.05, 0.1) is 24.1 Å². The van der Waals surface area contributed by atoms with Crippen LogP contribution in [0.4, 0.5) is 21.7 Å². The van der Waals surface area contributed by atoms with Crippen LogP contribution in [0.25, 0.3) is 22.3 Å². The van der Waals surface area contributed by atoms with Crippen molar-refractivity contribution in [2.45, 2.75) is 51.0 Å². The molecule has 0 unspecified atom stereocenters. The molecule has 332 valence electrons. The summed E-state index contributed by atoms with van der Waals surface area (Å²) in [5.74, 6) is -0.292. The molecule has 0 spiro atoms. The number of benzene rings is 3. The summed E-state index contributed by atoms with van der Waals surface area (Å²) in [5, 5.41) is 11.0. The number of pyridine rings is 1. The lowest BCUT2D eigenvalue weighted by molar-refractivity contribution is -0.136. The van der Waals surface area contributed by atoms with Gasteiger partial charge in [-0.1, -0.05) is 30.3 Å². The molecular weight excluding hydrogens is 832 g/mol. The first-order chi connectivity index (χ1) is 31.6. The normalized spacial score (nSPS) is 18.9. The molecule has 0 bridgehead atoms. The summed E-state index contributed by atoms with van der Waals surface area (Å²) in [4.78, 5) is 72.6. The van der Waals surface area contributed by atoms with E-state index in [1.165, 1.54) is 25.6 Å². The first-order valence-electron chi connectivity index (χ1n) is 21.7. The highest BCUT2D eigenvalue weighted by molar-refractivity contribution is 6.05. The van der Waals surface area contributed by atoms with E-state index >= 15 is 0 Å². The van der Waals surface area contributed by atoms with E-state index in [1.807, 2.05) is 47.3 Å². The number of nitrogen functional groups attached to an aromatic ring is 1. The standard InChI is InChI=1S/C47H47FN12O5/c1-65-38-11-7-32(48)21-36(38)45(62)51-22-28-2-5-30(6-3-28)42-41-43(49)52-27-53-44(41)60(55-42)34-14-15-58(26-34)39-12-4-29(23-50-39)24-56-16-18-57(19-17-56)33-8-9-35-31(20-33)25-59(47(35)64)37-10-13-40(61)54-46(37)63/h2-9,11-12,20-21,23,27,34,37H,10,13-19,22,24-26H2,1H3,(H,51,62)(H2,49,52,53)(H,54,61,63)/t34-,37-/m0/s1. The summed E-state index contributed by atoms with van der Waals surface area (Å²) in [6.07, 6.45) is 4.84. The number of nitrogens with zero attached hydrogens (tertiary/aromatic N) is 9. The minimum Gasteiger partial charge on any atom is -0.496 e. The summed E-state index contributed by atoms with van der Waals surface area (Å²) in [6.45, 7) is 6.28. The van der Waals surface area contributed by atoms with Crippen molar-refractivity contribution in [1.29, 1.82) is 0 Å². The van der Waals surface area contributed by atoms with Crippen LogP contribution < -0.4 is 30.9 Å². The van der Waals surface area contributed by atoms with Crippen molar-refractivity contribution < 1.29 is 28.3 Å². The fourth-order valence-electron chi connectivity index (χ4n) is 9.39. The molecule has 0 aliphatic carbocycles. The number of hydrogen-bond acceptors (Lipinski definition) is 13. The van der Waals surface area contributed by atoms with Gasteiger partial charge < -0.3 is 30.5 Å². The number of ether oxygens (including phenoxy) is 1. The summed E-state index contributed by atoms with van der Waals surface area (Å²) < 4.78 is 21.1. The lowest BCUT2D eigenvalue weighted by Gasteiger charge is -2.36. The quantitative estimate of drug-likeness (QED) is 0.158. The average Bonchev–Trinajstić information content (AvgIpc) is 4.05. The molecular formula is C47H47FN12O5. The van der Waals surface area contributed by atoms with Gasteiger partial charge in [0.2, 0.25) is 11.8 Å². The third-order valence-electron chi connectivity index (χ3n) is 12.9. The zero-order valence-electron chi connectivity index (χ0n) is 35.7. The lowest BCUT2D eigenvalue weighted by Crippen LogP contribution is -2.52. The van der Waals surface area contributed by atoms with Crippen LogP contribution in [0.15, 0.2) is 85.3 Å². The Morgan fingerprint density at radius 1 is 0.908 bits per heavy atom. The van der Waals surface area contributed by atoms with Crippen molar-refractivity contribution >= 4 is 52.0 Å². The van der Waals surface area contributed by atoms with Crippen LogP contribution in [0.5, 0.6) is 5.75 Å². The second-order valence-electron chi connectivity index (χ2n) is 16.9. The molecule has 4 aliphatic heterocycles. The van der Waals surface area contributed by atoms with Crippen LogP contribution in [-0.4, -0.2) is 111 Å². The van der Waals surface area contributed by atoms with E-state index in [9.17, 15) is 23.6 Å². The number of amides is 4. The predicted molar refractivity (Wildman–Crippen MR) is 239 cm³/mol. The molecule has 7 heterocycles. The zero-order chi connectivity index (χ0) is 44.8. The van der Waals surface area contributed by atoms with Crippen molar-refractivity contribution in [2.75, 3.05) is 61.9 Å². The number of nitrogens with one attached hydrogen (secondary N) is 2. The molecule has 17 nitrogen and oxygen atoms in total. The van der Waals surface area contributed by atoms with Crippen LogP contribution in [0, 0.1) is 5.82 Å². The van der Waals surface area contributed by atoms with Gasteiger partial charge in [0.25, 0.3) is 11.8 Å². The topological polar surface area (TPSA) is 197 Å². The second kappa shape index (κ2) is 17.2. The van der Waals surface area contributed by atoms with Crippen LogP contribution >= 0.6 is 0 Å². The Morgan fingerprint density at radius 2 is 1.72 bits per heavy atom. The molecule has 4 amide bonds. The maximum absolute atomic E-state index is 13.9. The van der Waals surface area contributed by atoms with Crippen LogP contribution in [0.3, 0.4) is 0 Å². The minimum atomic E-state index is -0.625. The van der Waals surface area contributed by atoms with Gasteiger partial charge >= 0.3 is 0 Å². The Labute approximate surface area is 373 Å². The van der Waals surface area contributed by atoms with Gasteiger partial charge in [0.15, 0.2) is 5.65 Å². The molecule has 2 atom stereocenters. The summed E-state index contributed by atoms with van der Waals surface area (Å²) in [6, 6.07) is 21.0. The maximum Gasteiger partial charge on any atom is 0.255 e. The predicted octanol–water partition coefficient (Wildman–Crippen LogP) is 4.08. The van der Waals surface area contributed by atoms with Crippen molar-refractivity contribution in [3.8, 4) is 17.0 Å². The third kappa shape index (κ3) is 8.16. The van der Waals surface area contributed by atoms with E-state index in [1.54, 1.807) is 4.90 Å². The molecule has 6 aromatic rings. The average molecular weight is 879 g/mol. The molecule has 10 rings (SSSR count). The number of hydrogen-bond donors (Lipinski definition) is 3. The molecule has 0 radical (unpaired) electrons. The number of nitrogens with two attached hydrogens (primary N) is 1. The Kier molecular flexibility index (Phi) is 11.0. The highest BCUT2D eigenvalue weighted by Gasteiger charge is 2.39. The molecule has 3 fully saturated rings. The number of fused-ring (bicyclic) bond motifs is 2. The number of carbonyl (C=O) groups excluding carboxylic acids is 4. The van der Waals surface area contributed by atoms with Gasteiger partial charge in [-0.05, 0) is 72.0 Å². The number of carbonyl (C=O) groups is 4. The molecule has 3 saturated heterocycles. The lowest BCUT2D eigenvalue weighted by atomic mass is 10.0. The van der Waals surface area contributed by atoms with Crippen LogP contribution in [0.2, 0.25) is 0 Å². The van der Waals surface area contributed by atoms with E-state index in [2.05, 4.69) is 53.5 Å². The minimum absolute atomic E-state index is 0.0167. The van der Waals surface area contributed by atoms with Gasteiger partial charge in [-0.3, -0.25) is 29.4 Å². The van der Waals surface area contributed by atoms with Crippen LogP contribution in [0.1, 0.15) is 62.7 Å². The second-order valence-corrected chi connectivity index (χ2v) is 16.9. The fourth-order valence-corrected chi connectivity index (χ4v) is 9.39. The van der Waals surface area contributed by atoms with Crippen molar-refractivity contribution in [1.82, 2.24) is 45.2 Å². The smallest absolute Gasteiger partial charge is 0.255 e. The number of rotatable bonds is 11. The third-order valence-corrected chi connectivity index (χ3v) is 12.9. The van der Waals surface area contributed by atoms with E-state index in [-0.39, 0.29) is 36.4 Å². The number of imide groups is 1. The SMILES string of the molecule is COc1ccc(F)cc1C(=O)NCc1ccc(-c2nn([C@H]3CCN(c4ccc(CN5CCN(c6ccc7c(c6)CN([C@H]6CCC(=O)NC6=O)C7=O)CC5)cn4)C3)c3ncnc(N)c23)cc1. The fraction of sp³-hybridized carbons (Fsp3) is 0.319.